The van der Waals surface area contributed by atoms with Crippen molar-refractivity contribution in [2.45, 2.75) is 6.42 Å². The van der Waals surface area contributed by atoms with Crippen molar-refractivity contribution in [1.29, 1.82) is 5.26 Å². The molecule has 17 heavy (non-hydrogen) atoms. The number of nitriles is 1. The number of carbonyl (C=O) groups excluding carboxylic acids is 1. The van der Waals surface area contributed by atoms with Gasteiger partial charge in [-0.1, -0.05) is 0 Å². The zero-order chi connectivity index (χ0) is 12.4. The molecule has 2 rings (SSSR count). The molecule has 7 heteroatoms. The monoisotopic (exact) mass is 356 g/mol. The maximum absolute atomic E-state index is 11.4. The number of benzene rings is 1. The number of amides is 1. The molecule has 0 atom stereocenters. The highest BCUT2D eigenvalue weighted by atomic mass is 79.9. The standard InChI is InChI=1S/C10H6Br2N4O/c11-5-3-6-10(15-4-14-6)8(12)9(5)16-7(17)1-2-13/h3-4H,1H2,(H,14,15)(H,16,17). The number of imidazole rings is 1. The number of aromatic amines is 1. The summed E-state index contributed by atoms with van der Waals surface area (Å²) >= 11 is 6.74. The molecule has 1 aromatic carbocycles. The second-order valence-electron chi connectivity index (χ2n) is 3.23. The molecule has 1 aromatic heterocycles. The van der Waals surface area contributed by atoms with E-state index in [0.717, 1.165) is 11.0 Å². The summed E-state index contributed by atoms with van der Waals surface area (Å²) in [5.41, 5.74) is 2.15. The van der Waals surface area contributed by atoms with Crippen LogP contribution in [0.25, 0.3) is 11.0 Å². The zero-order valence-electron chi connectivity index (χ0n) is 8.42. The summed E-state index contributed by atoms with van der Waals surface area (Å²) in [5.74, 6) is -0.358. The number of anilines is 1. The van der Waals surface area contributed by atoms with Crippen LogP contribution in [0, 0.1) is 11.3 Å². The molecule has 0 saturated carbocycles. The Hall–Kier alpha value is -1.39. The van der Waals surface area contributed by atoms with Gasteiger partial charge in [-0.3, -0.25) is 4.79 Å². The van der Waals surface area contributed by atoms with Gasteiger partial charge in [-0.05, 0) is 37.9 Å². The average molecular weight is 358 g/mol. The summed E-state index contributed by atoms with van der Waals surface area (Å²) in [6.45, 7) is 0. The fourth-order valence-corrected chi connectivity index (χ4v) is 2.80. The van der Waals surface area contributed by atoms with Gasteiger partial charge in [-0.25, -0.2) is 4.98 Å². The third-order valence-corrected chi connectivity index (χ3v) is 3.51. The number of rotatable bonds is 2. The normalized spacial score (nSPS) is 10.2. The van der Waals surface area contributed by atoms with Crippen molar-refractivity contribution in [3.8, 4) is 6.07 Å². The van der Waals surface area contributed by atoms with Crippen molar-refractivity contribution in [1.82, 2.24) is 9.97 Å². The summed E-state index contributed by atoms with van der Waals surface area (Å²) in [5, 5.41) is 11.1. The van der Waals surface area contributed by atoms with Crippen LogP contribution >= 0.6 is 31.9 Å². The number of carbonyl (C=O) groups is 1. The van der Waals surface area contributed by atoms with Gasteiger partial charge >= 0.3 is 0 Å². The van der Waals surface area contributed by atoms with E-state index in [2.05, 4.69) is 47.1 Å². The summed E-state index contributed by atoms with van der Waals surface area (Å²) in [6, 6.07) is 3.61. The van der Waals surface area contributed by atoms with E-state index in [1.807, 2.05) is 6.07 Å². The van der Waals surface area contributed by atoms with Crippen LogP contribution < -0.4 is 5.32 Å². The highest BCUT2D eigenvalue weighted by Crippen LogP contribution is 2.36. The van der Waals surface area contributed by atoms with E-state index in [9.17, 15) is 4.79 Å². The quantitative estimate of drug-likeness (QED) is 0.866. The van der Waals surface area contributed by atoms with Crippen LogP contribution in [0.1, 0.15) is 6.42 Å². The Morgan fingerprint density at radius 1 is 1.59 bits per heavy atom. The van der Waals surface area contributed by atoms with E-state index < -0.39 is 0 Å². The van der Waals surface area contributed by atoms with Crippen molar-refractivity contribution in [3.63, 3.8) is 0 Å². The number of aromatic nitrogens is 2. The van der Waals surface area contributed by atoms with Crippen LogP contribution in [0.15, 0.2) is 21.3 Å². The lowest BCUT2D eigenvalue weighted by Crippen LogP contribution is -2.11. The van der Waals surface area contributed by atoms with Crippen LogP contribution in [0.5, 0.6) is 0 Å². The van der Waals surface area contributed by atoms with E-state index in [-0.39, 0.29) is 12.3 Å². The highest BCUT2D eigenvalue weighted by Gasteiger charge is 2.14. The molecule has 0 saturated heterocycles. The smallest absolute Gasteiger partial charge is 0.238 e. The lowest BCUT2D eigenvalue weighted by atomic mass is 10.2. The molecule has 0 spiro atoms. The van der Waals surface area contributed by atoms with E-state index in [4.69, 9.17) is 5.26 Å². The minimum Gasteiger partial charge on any atom is -0.345 e. The summed E-state index contributed by atoms with van der Waals surface area (Å²) in [6.07, 6.45) is 1.39. The van der Waals surface area contributed by atoms with Gasteiger partial charge in [0.05, 0.1) is 28.1 Å². The van der Waals surface area contributed by atoms with E-state index in [0.29, 0.717) is 14.6 Å². The number of fused-ring (bicyclic) bond motifs is 1. The zero-order valence-corrected chi connectivity index (χ0v) is 11.6. The third kappa shape index (κ3) is 2.33. The SMILES string of the molecule is N#CCC(=O)Nc1c(Br)cc2[nH]cnc2c1Br. The summed E-state index contributed by atoms with van der Waals surface area (Å²) in [7, 11) is 0. The molecule has 86 valence electrons. The van der Waals surface area contributed by atoms with Crippen molar-refractivity contribution < 1.29 is 4.79 Å². The first kappa shape index (κ1) is 12.1. The third-order valence-electron chi connectivity index (χ3n) is 2.11. The predicted molar refractivity (Wildman–Crippen MR) is 70.4 cm³/mol. The van der Waals surface area contributed by atoms with Gasteiger partial charge in [0.2, 0.25) is 5.91 Å². The van der Waals surface area contributed by atoms with Crippen LogP contribution in [0.3, 0.4) is 0 Å². The van der Waals surface area contributed by atoms with E-state index >= 15 is 0 Å². The largest absolute Gasteiger partial charge is 0.345 e. The number of H-pyrrole nitrogens is 1. The van der Waals surface area contributed by atoms with Crippen molar-refractivity contribution >= 4 is 54.5 Å². The molecule has 0 aliphatic carbocycles. The molecule has 1 amide bonds. The lowest BCUT2D eigenvalue weighted by Gasteiger charge is -2.08. The molecule has 2 aromatic rings. The topological polar surface area (TPSA) is 81.6 Å². The first-order valence-corrected chi connectivity index (χ1v) is 6.20. The molecule has 2 N–H and O–H groups in total. The number of nitrogens with zero attached hydrogens (tertiary/aromatic N) is 2. The maximum Gasteiger partial charge on any atom is 0.238 e. The minimum atomic E-state index is -0.358. The molecule has 0 radical (unpaired) electrons. The average Bonchev–Trinajstić information content (AvgIpc) is 2.72. The van der Waals surface area contributed by atoms with Gasteiger partial charge in [0.1, 0.15) is 11.9 Å². The van der Waals surface area contributed by atoms with Gasteiger partial charge in [0, 0.05) is 4.47 Å². The Balaban J connectivity index is 2.46. The molecular weight excluding hydrogens is 352 g/mol. The molecule has 0 aliphatic heterocycles. The van der Waals surface area contributed by atoms with Crippen LogP contribution in [-0.2, 0) is 4.79 Å². The Morgan fingerprint density at radius 2 is 2.35 bits per heavy atom. The number of nitrogens with one attached hydrogen (secondary N) is 2. The van der Waals surface area contributed by atoms with Gasteiger partial charge in [-0.15, -0.1) is 0 Å². The fraction of sp³-hybridized carbons (Fsp3) is 0.100. The number of halogens is 2. The van der Waals surface area contributed by atoms with Gasteiger partial charge in [0.25, 0.3) is 0 Å². The summed E-state index contributed by atoms with van der Waals surface area (Å²) < 4.78 is 1.39. The van der Waals surface area contributed by atoms with Crippen molar-refractivity contribution in [2.24, 2.45) is 0 Å². The van der Waals surface area contributed by atoms with Crippen LogP contribution in [0.2, 0.25) is 0 Å². The molecular formula is C10H6Br2N4O. The lowest BCUT2D eigenvalue weighted by molar-refractivity contribution is -0.115. The predicted octanol–water partition coefficient (Wildman–Crippen LogP) is 2.94. The molecule has 0 bridgehead atoms. The van der Waals surface area contributed by atoms with Gasteiger partial charge in [0.15, 0.2) is 0 Å². The number of hydrogen-bond donors (Lipinski definition) is 2. The maximum atomic E-state index is 11.4. The second-order valence-corrected chi connectivity index (χ2v) is 4.88. The fourth-order valence-electron chi connectivity index (χ4n) is 1.38. The van der Waals surface area contributed by atoms with Gasteiger partial charge < -0.3 is 10.3 Å². The van der Waals surface area contributed by atoms with E-state index in [1.54, 1.807) is 12.4 Å². The Morgan fingerprint density at radius 3 is 3.06 bits per heavy atom. The van der Waals surface area contributed by atoms with Gasteiger partial charge in [-0.2, -0.15) is 5.26 Å². The van der Waals surface area contributed by atoms with E-state index in [1.165, 1.54) is 0 Å². The second kappa shape index (κ2) is 4.85. The molecule has 1 heterocycles. The van der Waals surface area contributed by atoms with Crippen molar-refractivity contribution in [3.05, 3.63) is 21.3 Å². The first-order valence-electron chi connectivity index (χ1n) is 4.61. The molecule has 0 unspecified atom stereocenters. The Kier molecular flexibility index (Phi) is 3.45. The number of hydrogen-bond acceptors (Lipinski definition) is 3. The molecule has 5 nitrogen and oxygen atoms in total. The molecule has 0 aliphatic rings. The minimum absolute atomic E-state index is 0.183. The Labute approximate surface area is 113 Å². The van der Waals surface area contributed by atoms with Crippen LogP contribution in [0.4, 0.5) is 5.69 Å². The highest BCUT2D eigenvalue weighted by molar-refractivity contribution is 9.11. The first-order chi connectivity index (χ1) is 8.13. The van der Waals surface area contributed by atoms with Crippen molar-refractivity contribution in [2.75, 3.05) is 5.32 Å². The Bertz CT molecular complexity index is 629. The summed E-state index contributed by atoms with van der Waals surface area (Å²) in [4.78, 5) is 18.5. The molecule has 0 fully saturated rings. The van der Waals surface area contributed by atoms with Crippen LogP contribution in [-0.4, -0.2) is 15.9 Å².